The van der Waals surface area contributed by atoms with Gasteiger partial charge in [0.15, 0.2) is 0 Å². The van der Waals surface area contributed by atoms with Crippen molar-refractivity contribution in [2.24, 2.45) is 5.73 Å². The lowest BCUT2D eigenvalue weighted by Gasteiger charge is -2.05. The van der Waals surface area contributed by atoms with Gasteiger partial charge in [-0.2, -0.15) is 24.4 Å². The third-order valence-corrected chi connectivity index (χ3v) is 4.45. The Morgan fingerprint density at radius 2 is 1.57 bits per heavy atom. The lowest BCUT2D eigenvalue weighted by molar-refractivity contribution is -0.138. The summed E-state index contributed by atoms with van der Waals surface area (Å²) in [5.74, 6) is 1.60. The minimum Gasteiger partial charge on any atom is -0.480 e. The number of carbonyl (C=O) groups is 1. The van der Waals surface area contributed by atoms with E-state index in [9.17, 15) is 4.79 Å². The summed E-state index contributed by atoms with van der Waals surface area (Å²) in [6.45, 7) is 0. The number of benzene rings is 2. The number of aliphatic carboxylic acids is 1. The van der Waals surface area contributed by atoms with E-state index < -0.39 is 12.0 Å². The lowest BCUT2D eigenvalue weighted by Crippen LogP contribution is -2.30. The molecule has 0 radical (unpaired) electrons. The molecule has 1 atom stereocenters. The smallest absolute Gasteiger partial charge is 0.320 e. The molecular weight excluding hydrogens is 326 g/mol. The highest BCUT2D eigenvalue weighted by molar-refractivity contribution is 7.98. The Bertz CT molecular complexity index is 549. The summed E-state index contributed by atoms with van der Waals surface area (Å²) in [6, 6.07) is 19.5. The second-order valence-corrected chi connectivity index (χ2v) is 6.34. The normalized spacial score (nSPS) is 11.2. The van der Waals surface area contributed by atoms with Crippen molar-refractivity contribution in [1.82, 2.24) is 0 Å². The average Bonchev–Trinajstić information content (AvgIpc) is 2.60. The van der Waals surface area contributed by atoms with E-state index in [-0.39, 0.29) is 0 Å². The second-order valence-electron chi connectivity index (χ2n) is 4.92. The van der Waals surface area contributed by atoms with Gasteiger partial charge in [-0.15, -0.1) is 0 Å². The Kier molecular flexibility index (Phi) is 10.3. The summed E-state index contributed by atoms with van der Waals surface area (Å²) in [6.07, 6.45) is 0.521. The van der Waals surface area contributed by atoms with Crippen molar-refractivity contribution in [1.29, 1.82) is 0 Å². The van der Waals surface area contributed by atoms with Crippen LogP contribution in [0.5, 0.6) is 0 Å². The van der Waals surface area contributed by atoms with Crippen LogP contribution in [0.15, 0.2) is 60.7 Å². The first-order chi connectivity index (χ1) is 11.1. The topological polar surface area (TPSA) is 63.3 Å². The number of thiol groups is 1. The Morgan fingerprint density at radius 1 is 1.04 bits per heavy atom. The van der Waals surface area contributed by atoms with Crippen LogP contribution in [0.1, 0.15) is 17.5 Å². The maximum atomic E-state index is 10.4. The Labute approximate surface area is 147 Å². The number of rotatable bonds is 7. The van der Waals surface area contributed by atoms with Crippen LogP contribution < -0.4 is 5.73 Å². The Morgan fingerprint density at radius 3 is 2.00 bits per heavy atom. The van der Waals surface area contributed by atoms with Crippen molar-refractivity contribution in [2.75, 3.05) is 5.75 Å². The molecule has 0 bridgehead atoms. The molecule has 5 heteroatoms. The maximum Gasteiger partial charge on any atom is 0.320 e. The van der Waals surface area contributed by atoms with Crippen molar-refractivity contribution in [2.45, 2.75) is 24.0 Å². The van der Waals surface area contributed by atoms with Gasteiger partial charge in [0.05, 0.1) is 0 Å². The first-order valence-electron chi connectivity index (χ1n) is 7.38. The first kappa shape index (κ1) is 19.6. The van der Waals surface area contributed by atoms with Gasteiger partial charge in [0.1, 0.15) is 6.04 Å². The number of carboxylic acids is 1. The molecule has 0 unspecified atom stereocenters. The monoisotopic (exact) mass is 349 g/mol. The zero-order valence-corrected chi connectivity index (χ0v) is 14.7. The van der Waals surface area contributed by atoms with Gasteiger partial charge >= 0.3 is 5.97 Å². The fourth-order valence-corrected chi connectivity index (χ4v) is 2.89. The molecule has 2 rings (SSSR count). The van der Waals surface area contributed by atoms with Gasteiger partial charge in [0.25, 0.3) is 0 Å². The van der Waals surface area contributed by atoms with Gasteiger partial charge in [-0.25, -0.2) is 0 Å². The molecule has 0 aliphatic carbocycles. The molecule has 0 aliphatic rings. The van der Waals surface area contributed by atoms with Gasteiger partial charge in [0, 0.05) is 11.5 Å². The number of hydrogen-bond donors (Lipinski definition) is 3. The lowest BCUT2D eigenvalue weighted by atomic mass is 10.2. The van der Waals surface area contributed by atoms with E-state index in [1.165, 1.54) is 11.1 Å². The molecule has 2 aromatic carbocycles. The van der Waals surface area contributed by atoms with Crippen molar-refractivity contribution in [3.05, 3.63) is 71.8 Å². The SMILES string of the molecule is N[C@@H](CCSCc1ccccc1)C(=O)O.SCc1ccccc1. The molecule has 124 valence electrons. The van der Waals surface area contributed by atoms with Gasteiger partial charge in [0.2, 0.25) is 0 Å². The zero-order chi connectivity index (χ0) is 16.9. The van der Waals surface area contributed by atoms with Gasteiger partial charge in [-0.05, 0) is 23.3 Å². The van der Waals surface area contributed by atoms with Crippen molar-refractivity contribution in [3.8, 4) is 0 Å². The predicted molar refractivity (Wildman–Crippen MR) is 102 cm³/mol. The van der Waals surface area contributed by atoms with E-state index in [1.54, 1.807) is 11.8 Å². The summed E-state index contributed by atoms with van der Waals surface area (Å²) in [4.78, 5) is 10.4. The highest BCUT2D eigenvalue weighted by atomic mass is 32.2. The summed E-state index contributed by atoms with van der Waals surface area (Å²) in [5, 5.41) is 8.56. The molecule has 3 N–H and O–H groups in total. The van der Waals surface area contributed by atoms with Crippen LogP contribution in [0.2, 0.25) is 0 Å². The van der Waals surface area contributed by atoms with Crippen LogP contribution in [0.3, 0.4) is 0 Å². The molecule has 0 saturated carbocycles. The average molecular weight is 350 g/mol. The molecule has 2 aromatic rings. The van der Waals surface area contributed by atoms with Crippen LogP contribution in [0.25, 0.3) is 0 Å². The summed E-state index contributed by atoms with van der Waals surface area (Å²) in [7, 11) is 0. The number of hydrogen-bond acceptors (Lipinski definition) is 4. The molecule has 0 fully saturated rings. The van der Waals surface area contributed by atoms with Crippen molar-refractivity contribution >= 4 is 30.4 Å². The fourth-order valence-electron chi connectivity index (χ4n) is 1.68. The largest absolute Gasteiger partial charge is 0.480 e. The first-order valence-corrected chi connectivity index (χ1v) is 9.17. The van der Waals surface area contributed by atoms with E-state index >= 15 is 0 Å². The number of thioether (sulfide) groups is 1. The molecule has 0 spiro atoms. The molecule has 23 heavy (non-hydrogen) atoms. The molecule has 0 amide bonds. The zero-order valence-electron chi connectivity index (χ0n) is 13.0. The van der Waals surface area contributed by atoms with Crippen molar-refractivity contribution in [3.63, 3.8) is 0 Å². The van der Waals surface area contributed by atoms with Crippen LogP contribution in [0.4, 0.5) is 0 Å². The Balaban J connectivity index is 0.000000277. The predicted octanol–water partition coefficient (Wildman–Crippen LogP) is 3.84. The van der Waals surface area contributed by atoms with Gasteiger partial charge < -0.3 is 10.8 Å². The number of nitrogens with two attached hydrogens (primary N) is 1. The van der Waals surface area contributed by atoms with Crippen LogP contribution >= 0.6 is 24.4 Å². The second kappa shape index (κ2) is 12.0. The summed E-state index contributed by atoms with van der Waals surface area (Å²) < 4.78 is 0. The molecule has 3 nitrogen and oxygen atoms in total. The van der Waals surface area contributed by atoms with Gasteiger partial charge in [-0.1, -0.05) is 60.7 Å². The van der Waals surface area contributed by atoms with Gasteiger partial charge in [-0.3, -0.25) is 4.79 Å². The summed E-state index contributed by atoms with van der Waals surface area (Å²) in [5.41, 5.74) is 7.91. The quantitative estimate of drug-likeness (QED) is 0.525. The third kappa shape index (κ3) is 9.33. The van der Waals surface area contributed by atoms with E-state index in [0.29, 0.717) is 6.42 Å². The van der Waals surface area contributed by atoms with Crippen molar-refractivity contribution < 1.29 is 9.90 Å². The minimum atomic E-state index is -0.921. The fraction of sp³-hybridized carbons (Fsp3) is 0.278. The van der Waals surface area contributed by atoms with E-state index in [4.69, 9.17) is 10.8 Å². The van der Waals surface area contributed by atoms with Crippen LogP contribution in [-0.4, -0.2) is 22.9 Å². The minimum absolute atomic E-state index is 0.521. The molecule has 0 saturated heterocycles. The highest BCUT2D eigenvalue weighted by Crippen LogP contribution is 2.13. The van der Waals surface area contributed by atoms with E-state index in [2.05, 4.69) is 36.9 Å². The van der Waals surface area contributed by atoms with E-state index in [0.717, 1.165) is 17.3 Å². The molecule has 0 aliphatic heterocycles. The number of carboxylic acid groups (broad SMARTS) is 1. The Hall–Kier alpha value is -1.43. The third-order valence-electron chi connectivity index (χ3n) is 3.03. The highest BCUT2D eigenvalue weighted by Gasteiger charge is 2.09. The molecular formula is C18H23NO2S2. The van der Waals surface area contributed by atoms with E-state index in [1.807, 2.05) is 36.4 Å². The standard InChI is InChI=1S/C11H15NO2S.C7H8S/c12-10(11(13)14)6-7-15-8-9-4-2-1-3-5-9;8-6-7-4-2-1-3-5-7/h1-5,10H,6-8,12H2,(H,13,14);1-5,8H,6H2/t10-;/m0./s1. The maximum absolute atomic E-state index is 10.4. The molecule has 0 heterocycles. The van der Waals surface area contributed by atoms with Crippen LogP contribution in [0, 0.1) is 0 Å². The van der Waals surface area contributed by atoms with Crippen LogP contribution in [-0.2, 0) is 16.3 Å². The summed E-state index contributed by atoms with van der Waals surface area (Å²) >= 11 is 5.82. The molecule has 0 aromatic heterocycles.